The van der Waals surface area contributed by atoms with Crippen LogP contribution in [0, 0.1) is 11.8 Å². The van der Waals surface area contributed by atoms with E-state index in [0.29, 0.717) is 11.4 Å². The van der Waals surface area contributed by atoms with Gasteiger partial charge in [0.1, 0.15) is 22.1 Å². The molecular formula is C24H26Cl2N2O5. The van der Waals surface area contributed by atoms with Gasteiger partial charge in [-0.05, 0) is 31.2 Å². The van der Waals surface area contributed by atoms with Crippen LogP contribution in [0.15, 0.2) is 30.3 Å². The molecule has 33 heavy (non-hydrogen) atoms. The summed E-state index contributed by atoms with van der Waals surface area (Å²) in [5, 5.41) is 3.84. The van der Waals surface area contributed by atoms with Crippen molar-refractivity contribution in [3.8, 4) is 17.2 Å². The third kappa shape index (κ3) is 3.49. The van der Waals surface area contributed by atoms with Crippen LogP contribution in [-0.2, 0) is 4.79 Å². The topological polar surface area (TPSA) is 99.9 Å². The molecule has 0 aromatic heterocycles. The Morgan fingerprint density at radius 1 is 1.18 bits per heavy atom. The van der Waals surface area contributed by atoms with Crippen molar-refractivity contribution in [1.82, 2.24) is 5.32 Å². The Hall–Kier alpha value is -2.32. The molecule has 0 bridgehead atoms. The van der Waals surface area contributed by atoms with Gasteiger partial charge in [0.15, 0.2) is 11.5 Å². The first-order chi connectivity index (χ1) is 15.7. The zero-order valence-corrected chi connectivity index (χ0v) is 20.3. The predicted molar refractivity (Wildman–Crippen MR) is 126 cm³/mol. The summed E-state index contributed by atoms with van der Waals surface area (Å²) in [6.45, 7) is 1.79. The molecule has 2 aromatic carbocycles. The number of hydrogen-bond acceptors (Lipinski definition) is 7. The third-order valence-electron chi connectivity index (χ3n) is 6.75. The van der Waals surface area contributed by atoms with Crippen LogP contribution in [0.25, 0.3) is 0 Å². The first kappa shape index (κ1) is 23.8. The highest BCUT2D eigenvalue weighted by molar-refractivity contribution is 6.36. The number of fused-ring (bicyclic) bond motifs is 1. The van der Waals surface area contributed by atoms with Crippen molar-refractivity contribution in [1.29, 1.82) is 0 Å². The van der Waals surface area contributed by atoms with Crippen molar-refractivity contribution < 1.29 is 23.8 Å². The van der Waals surface area contributed by atoms with Crippen LogP contribution in [-0.4, -0.2) is 44.5 Å². The minimum atomic E-state index is -1.76. The van der Waals surface area contributed by atoms with Crippen LogP contribution in [0.3, 0.4) is 0 Å². The summed E-state index contributed by atoms with van der Waals surface area (Å²) >= 11 is 12.7. The third-order valence-corrected chi connectivity index (χ3v) is 7.34. The molecule has 2 aliphatic rings. The van der Waals surface area contributed by atoms with Gasteiger partial charge in [-0.1, -0.05) is 42.3 Å². The van der Waals surface area contributed by atoms with Crippen LogP contribution in [0.1, 0.15) is 35.3 Å². The Labute approximate surface area is 202 Å². The van der Waals surface area contributed by atoms with Gasteiger partial charge >= 0.3 is 0 Å². The quantitative estimate of drug-likeness (QED) is 0.611. The highest BCUT2D eigenvalue weighted by Gasteiger charge is 2.64. The largest absolute Gasteiger partial charge is 0.496 e. The molecule has 2 aromatic rings. The first-order valence-electron chi connectivity index (χ1n) is 10.6. The first-order valence-corrected chi connectivity index (χ1v) is 11.4. The van der Waals surface area contributed by atoms with Crippen molar-refractivity contribution in [3.05, 3.63) is 51.5 Å². The van der Waals surface area contributed by atoms with Crippen LogP contribution in [0.4, 0.5) is 0 Å². The number of ketones is 2. The lowest BCUT2D eigenvalue weighted by atomic mass is 9.63. The molecule has 4 rings (SSSR count). The molecule has 1 aliphatic carbocycles. The molecule has 3 unspecified atom stereocenters. The molecule has 9 heteroatoms. The second-order valence-electron chi connectivity index (χ2n) is 8.48. The van der Waals surface area contributed by atoms with Gasteiger partial charge in [0.25, 0.3) is 0 Å². The fourth-order valence-corrected chi connectivity index (χ4v) is 5.61. The van der Waals surface area contributed by atoms with Gasteiger partial charge in [0, 0.05) is 29.1 Å². The van der Waals surface area contributed by atoms with E-state index in [9.17, 15) is 9.59 Å². The Morgan fingerprint density at radius 3 is 2.48 bits per heavy atom. The fraction of sp³-hybridized carbons (Fsp3) is 0.417. The molecule has 7 nitrogen and oxygen atoms in total. The van der Waals surface area contributed by atoms with Gasteiger partial charge in [-0.25, -0.2) is 0 Å². The maximum absolute atomic E-state index is 14.2. The standard InChI is InChI=1S/C24H26Cl2N2O5/c1-11-8-14(27)17(20(28-2)12-6-5-7-13(25)9-12)22(29)24(11)23(30)18-15(31-3)10-16(32-4)19(26)21(18)33-24/h5-7,9-11,14,17,20,28H,8,27H2,1-4H3/t11-,14?,17?,20?,24+/m1/s1. The van der Waals surface area contributed by atoms with E-state index in [2.05, 4.69) is 5.32 Å². The second kappa shape index (κ2) is 8.80. The average molecular weight is 493 g/mol. The number of Topliss-reactive ketones (excluding diaryl/α,β-unsaturated/α-hetero) is 2. The van der Waals surface area contributed by atoms with Crippen molar-refractivity contribution in [2.75, 3.05) is 21.3 Å². The molecule has 3 N–H and O–H groups in total. The molecule has 1 heterocycles. The Bertz CT molecular complexity index is 1120. The summed E-state index contributed by atoms with van der Waals surface area (Å²) in [6.07, 6.45) is 0.395. The van der Waals surface area contributed by atoms with E-state index in [4.69, 9.17) is 43.1 Å². The van der Waals surface area contributed by atoms with E-state index >= 15 is 0 Å². The summed E-state index contributed by atoms with van der Waals surface area (Å²) in [4.78, 5) is 28.0. The lowest BCUT2D eigenvalue weighted by Gasteiger charge is -2.45. The number of nitrogens with two attached hydrogens (primary N) is 1. The maximum atomic E-state index is 14.2. The van der Waals surface area contributed by atoms with E-state index < -0.39 is 41.1 Å². The maximum Gasteiger partial charge on any atom is 0.232 e. The highest BCUT2D eigenvalue weighted by Crippen LogP contribution is 2.54. The fourth-order valence-electron chi connectivity index (χ4n) is 5.15. The number of benzene rings is 2. The van der Waals surface area contributed by atoms with Crippen LogP contribution in [0.5, 0.6) is 17.2 Å². The Morgan fingerprint density at radius 2 is 1.88 bits per heavy atom. The normalized spacial score (nSPS) is 27.3. The zero-order chi connectivity index (χ0) is 24.1. The summed E-state index contributed by atoms with van der Waals surface area (Å²) in [7, 11) is 4.63. The number of carbonyl (C=O) groups is 2. The summed E-state index contributed by atoms with van der Waals surface area (Å²) < 4.78 is 17.0. The molecule has 1 fully saturated rings. The lowest BCUT2D eigenvalue weighted by molar-refractivity contribution is -0.144. The van der Waals surface area contributed by atoms with Crippen LogP contribution >= 0.6 is 23.2 Å². The van der Waals surface area contributed by atoms with Crippen LogP contribution < -0.4 is 25.3 Å². The zero-order valence-electron chi connectivity index (χ0n) is 18.8. The van der Waals surface area contributed by atoms with E-state index in [1.807, 2.05) is 12.1 Å². The monoisotopic (exact) mass is 492 g/mol. The van der Waals surface area contributed by atoms with Gasteiger partial charge in [-0.3, -0.25) is 9.59 Å². The molecular weight excluding hydrogens is 467 g/mol. The number of carbonyl (C=O) groups excluding carboxylic acids is 2. The Kier molecular flexibility index (Phi) is 6.35. The van der Waals surface area contributed by atoms with Crippen molar-refractivity contribution in [2.24, 2.45) is 17.6 Å². The Balaban J connectivity index is 1.84. The molecule has 0 saturated heterocycles. The molecule has 176 valence electrons. The smallest absolute Gasteiger partial charge is 0.232 e. The van der Waals surface area contributed by atoms with Gasteiger partial charge in [0.2, 0.25) is 11.4 Å². The van der Waals surface area contributed by atoms with E-state index in [0.717, 1.165) is 5.56 Å². The highest BCUT2D eigenvalue weighted by atomic mass is 35.5. The minimum Gasteiger partial charge on any atom is -0.496 e. The predicted octanol–water partition coefficient (Wildman–Crippen LogP) is 3.84. The van der Waals surface area contributed by atoms with E-state index in [1.165, 1.54) is 20.3 Å². The summed E-state index contributed by atoms with van der Waals surface area (Å²) in [5.41, 5.74) is 5.68. The molecule has 0 radical (unpaired) electrons. The SMILES string of the molecule is CNC(c1cccc(Cl)c1)C1C(=O)[C@@]2(Oc3c(Cl)c(OC)cc(OC)c3C2=O)[C@H](C)CC1N. The number of hydrogen-bond donors (Lipinski definition) is 2. The van der Waals surface area contributed by atoms with E-state index in [-0.39, 0.29) is 27.8 Å². The summed E-state index contributed by atoms with van der Waals surface area (Å²) in [6, 6.07) is 7.77. The van der Waals surface area contributed by atoms with Gasteiger partial charge in [0.05, 0.1) is 20.1 Å². The van der Waals surface area contributed by atoms with Crippen molar-refractivity contribution in [3.63, 3.8) is 0 Å². The van der Waals surface area contributed by atoms with Gasteiger partial charge in [-0.15, -0.1) is 0 Å². The molecule has 1 aliphatic heterocycles. The summed E-state index contributed by atoms with van der Waals surface area (Å²) in [5.74, 6) is -1.49. The number of nitrogens with one attached hydrogen (secondary N) is 1. The van der Waals surface area contributed by atoms with E-state index in [1.54, 1.807) is 26.1 Å². The number of methoxy groups -OCH3 is 2. The van der Waals surface area contributed by atoms with Gasteiger partial charge in [-0.2, -0.15) is 0 Å². The van der Waals surface area contributed by atoms with Crippen molar-refractivity contribution in [2.45, 2.75) is 31.0 Å². The molecule has 1 saturated carbocycles. The van der Waals surface area contributed by atoms with Crippen LogP contribution in [0.2, 0.25) is 10.0 Å². The average Bonchev–Trinajstić information content (AvgIpc) is 3.11. The molecule has 5 atom stereocenters. The lowest BCUT2D eigenvalue weighted by Crippen LogP contribution is -2.65. The number of ether oxygens (including phenoxy) is 3. The molecule has 1 spiro atoms. The number of rotatable bonds is 5. The minimum absolute atomic E-state index is 0.0936. The molecule has 0 amide bonds. The number of halogens is 2. The second-order valence-corrected chi connectivity index (χ2v) is 9.29. The van der Waals surface area contributed by atoms with Crippen molar-refractivity contribution >= 4 is 34.8 Å². The van der Waals surface area contributed by atoms with Gasteiger partial charge < -0.3 is 25.3 Å².